The van der Waals surface area contributed by atoms with Gasteiger partial charge < -0.3 is 10.2 Å². The molecule has 1 aliphatic rings. The van der Waals surface area contributed by atoms with Crippen LogP contribution < -0.4 is 10.2 Å². The molecule has 0 unspecified atom stereocenters. The van der Waals surface area contributed by atoms with Crippen molar-refractivity contribution in [3.63, 3.8) is 0 Å². The van der Waals surface area contributed by atoms with Crippen molar-refractivity contribution < 1.29 is 0 Å². The van der Waals surface area contributed by atoms with Gasteiger partial charge in [0, 0.05) is 37.8 Å². The van der Waals surface area contributed by atoms with Crippen molar-refractivity contribution >= 4 is 27.4 Å². The molecular formula is C15H17BrN4. The van der Waals surface area contributed by atoms with Crippen LogP contribution in [0.2, 0.25) is 0 Å². The number of aromatic nitrogens is 2. The Labute approximate surface area is 127 Å². The number of nitrogens with zero attached hydrogens (tertiary/aromatic N) is 3. The van der Waals surface area contributed by atoms with Gasteiger partial charge in [0.05, 0.1) is 5.69 Å². The van der Waals surface area contributed by atoms with Crippen LogP contribution in [0, 0.1) is 6.92 Å². The Balaban J connectivity index is 2.10. The van der Waals surface area contributed by atoms with Gasteiger partial charge in [0.1, 0.15) is 5.82 Å². The number of hydrogen-bond donors (Lipinski definition) is 1. The average Bonchev–Trinajstić information content (AvgIpc) is 2.46. The van der Waals surface area contributed by atoms with Crippen LogP contribution in [0.4, 0.5) is 11.5 Å². The summed E-state index contributed by atoms with van der Waals surface area (Å²) in [4.78, 5) is 11.3. The van der Waals surface area contributed by atoms with Crippen molar-refractivity contribution in [2.24, 2.45) is 0 Å². The van der Waals surface area contributed by atoms with Crippen LogP contribution in [0.5, 0.6) is 0 Å². The van der Waals surface area contributed by atoms with Gasteiger partial charge in [-0.1, -0.05) is 18.2 Å². The summed E-state index contributed by atoms with van der Waals surface area (Å²) in [6, 6.07) is 8.35. The van der Waals surface area contributed by atoms with E-state index in [2.05, 4.69) is 74.4 Å². The first-order valence-electron chi connectivity index (χ1n) is 6.72. The Morgan fingerprint density at radius 3 is 2.85 bits per heavy atom. The standard InChI is InChI=1S/C15H17BrN4/c1-10-5-3-4-6-13(10)20(2)14-11-9-17-8-7-12(11)18-15(16)19-14/h3-6,17H,7-9H2,1-2H3. The van der Waals surface area contributed by atoms with E-state index < -0.39 is 0 Å². The monoisotopic (exact) mass is 332 g/mol. The first-order valence-corrected chi connectivity index (χ1v) is 7.51. The highest BCUT2D eigenvalue weighted by atomic mass is 79.9. The van der Waals surface area contributed by atoms with E-state index in [1.807, 2.05) is 0 Å². The third kappa shape index (κ3) is 2.43. The lowest BCUT2D eigenvalue weighted by Gasteiger charge is -2.26. The van der Waals surface area contributed by atoms with E-state index in [-0.39, 0.29) is 0 Å². The maximum absolute atomic E-state index is 4.60. The van der Waals surface area contributed by atoms with Gasteiger partial charge in [0.15, 0.2) is 4.73 Å². The maximum Gasteiger partial charge on any atom is 0.198 e. The molecule has 0 saturated carbocycles. The van der Waals surface area contributed by atoms with Crippen molar-refractivity contribution in [1.82, 2.24) is 15.3 Å². The molecule has 1 aromatic carbocycles. The Hall–Kier alpha value is -1.46. The number of aryl methyl sites for hydroxylation is 1. The summed E-state index contributed by atoms with van der Waals surface area (Å²) in [5.41, 5.74) is 4.75. The molecule has 1 aromatic heterocycles. The molecule has 0 amide bonds. The van der Waals surface area contributed by atoms with E-state index in [0.29, 0.717) is 4.73 Å². The van der Waals surface area contributed by atoms with Gasteiger partial charge in [-0.05, 0) is 34.5 Å². The van der Waals surface area contributed by atoms with E-state index in [1.165, 1.54) is 16.8 Å². The minimum absolute atomic E-state index is 0.661. The summed E-state index contributed by atoms with van der Waals surface area (Å²) in [5.74, 6) is 0.975. The number of benzene rings is 1. The molecule has 0 spiro atoms. The number of nitrogens with one attached hydrogen (secondary N) is 1. The molecule has 1 aliphatic heterocycles. The van der Waals surface area contributed by atoms with Crippen LogP contribution in [0.15, 0.2) is 29.0 Å². The predicted octanol–water partition coefficient (Wildman–Crippen LogP) is 2.96. The lowest BCUT2D eigenvalue weighted by Crippen LogP contribution is -2.28. The lowest BCUT2D eigenvalue weighted by atomic mass is 10.1. The zero-order valence-electron chi connectivity index (χ0n) is 11.7. The highest BCUT2D eigenvalue weighted by molar-refractivity contribution is 9.10. The number of fused-ring (bicyclic) bond motifs is 1. The summed E-state index contributed by atoms with van der Waals surface area (Å²) in [6.07, 6.45) is 0.949. The molecule has 4 nitrogen and oxygen atoms in total. The molecule has 0 fully saturated rings. The Morgan fingerprint density at radius 1 is 1.25 bits per heavy atom. The molecule has 20 heavy (non-hydrogen) atoms. The number of para-hydroxylation sites is 1. The fourth-order valence-electron chi connectivity index (χ4n) is 2.63. The van der Waals surface area contributed by atoms with E-state index in [1.54, 1.807) is 0 Å². The van der Waals surface area contributed by atoms with E-state index in [9.17, 15) is 0 Å². The molecule has 0 atom stereocenters. The molecule has 5 heteroatoms. The van der Waals surface area contributed by atoms with E-state index in [4.69, 9.17) is 0 Å². The molecular weight excluding hydrogens is 316 g/mol. The third-order valence-corrected chi connectivity index (χ3v) is 4.03. The normalized spacial score (nSPS) is 13.9. The molecule has 2 heterocycles. The summed E-state index contributed by atoms with van der Waals surface area (Å²) in [5, 5.41) is 3.40. The van der Waals surface area contributed by atoms with Crippen LogP contribution in [0.3, 0.4) is 0 Å². The van der Waals surface area contributed by atoms with Gasteiger partial charge in [-0.2, -0.15) is 0 Å². The number of hydrogen-bond acceptors (Lipinski definition) is 4. The molecule has 0 bridgehead atoms. The number of rotatable bonds is 2. The highest BCUT2D eigenvalue weighted by Crippen LogP contribution is 2.31. The lowest BCUT2D eigenvalue weighted by molar-refractivity contribution is 0.623. The molecule has 104 valence electrons. The summed E-state index contributed by atoms with van der Waals surface area (Å²) in [7, 11) is 2.06. The second kappa shape index (κ2) is 5.50. The van der Waals surface area contributed by atoms with Crippen LogP contribution >= 0.6 is 15.9 Å². The summed E-state index contributed by atoms with van der Waals surface area (Å²) >= 11 is 3.43. The van der Waals surface area contributed by atoms with Gasteiger partial charge >= 0.3 is 0 Å². The molecule has 0 saturated heterocycles. The molecule has 3 rings (SSSR count). The van der Waals surface area contributed by atoms with Gasteiger partial charge in [0.25, 0.3) is 0 Å². The second-order valence-corrected chi connectivity index (χ2v) is 5.72. The second-order valence-electron chi connectivity index (χ2n) is 5.01. The van der Waals surface area contributed by atoms with Crippen LogP contribution in [0.1, 0.15) is 16.8 Å². The molecule has 0 aliphatic carbocycles. The smallest absolute Gasteiger partial charge is 0.198 e. The van der Waals surface area contributed by atoms with Crippen molar-refractivity contribution in [3.05, 3.63) is 45.8 Å². The summed E-state index contributed by atoms with van der Waals surface area (Å²) < 4.78 is 0.661. The van der Waals surface area contributed by atoms with Crippen LogP contribution in [-0.2, 0) is 13.0 Å². The Morgan fingerprint density at radius 2 is 2.05 bits per heavy atom. The first-order chi connectivity index (χ1) is 9.66. The maximum atomic E-state index is 4.60. The van der Waals surface area contributed by atoms with Crippen molar-refractivity contribution in [2.75, 3.05) is 18.5 Å². The van der Waals surface area contributed by atoms with Crippen LogP contribution in [0.25, 0.3) is 0 Å². The van der Waals surface area contributed by atoms with Gasteiger partial charge in [-0.25, -0.2) is 9.97 Å². The Kier molecular flexibility index (Phi) is 3.72. The highest BCUT2D eigenvalue weighted by Gasteiger charge is 2.20. The number of halogens is 1. The quantitative estimate of drug-likeness (QED) is 0.858. The average molecular weight is 333 g/mol. The minimum Gasteiger partial charge on any atom is -0.329 e. The molecule has 1 N–H and O–H groups in total. The fraction of sp³-hybridized carbons (Fsp3) is 0.333. The number of anilines is 2. The molecule has 0 radical (unpaired) electrons. The van der Waals surface area contributed by atoms with E-state index in [0.717, 1.165) is 31.0 Å². The largest absolute Gasteiger partial charge is 0.329 e. The zero-order valence-corrected chi connectivity index (χ0v) is 13.2. The minimum atomic E-state index is 0.661. The fourth-order valence-corrected chi connectivity index (χ4v) is 3.01. The Bertz CT molecular complexity index is 642. The van der Waals surface area contributed by atoms with Crippen molar-refractivity contribution in [2.45, 2.75) is 19.9 Å². The van der Waals surface area contributed by atoms with Crippen molar-refractivity contribution in [1.29, 1.82) is 0 Å². The van der Waals surface area contributed by atoms with Gasteiger partial charge in [-0.3, -0.25) is 0 Å². The predicted molar refractivity (Wildman–Crippen MR) is 84.4 cm³/mol. The first kappa shape index (κ1) is 13.5. The zero-order chi connectivity index (χ0) is 14.1. The van der Waals surface area contributed by atoms with Crippen LogP contribution in [-0.4, -0.2) is 23.6 Å². The summed E-state index contributed by atoms with van der Waals surface area (Å²) in [6.45, 7) is 3.92. The SMILES string of the molecule is Cc1ccccc1N(C)c1nc(Br)nc2c1CNCC2. The molecule has 2 aromatic rings. The van der Waals surface area contributed by atoms with Crippen molar-refractivity contribution in [3.8, 4) is 0 Å². The van der Waals surface area contributed by atoms with E-state index >= 15 is 0 Å². The topological polar surface area (TPSA) is 41.1 Å². The van der Waals surface area contributed by atoms with Gasteiger partial charge in [-0.15, -0.1) is 0 Å². The third-order valence-electron chi connectivity index (χ3n) is 3.68. The van der Waals surface area contributed by atoms with Gasteiger partial charge in [0.2, 0.25) is 0 Å².